The Balaban J connectivity index is 0.000000573. The van der Waals surface area contributed by atoms with E-state index in [0.29, 0.717) is 67.9 Å². The van der Waals surface area contributed by atoms with Crippen LogP contribution in [0.25, 0.3) is 0 Å². The Bertz CT molecular complexity index is 1200. The first-order valence-corrected chi connectivity index (χ1v) is 22.4. The lowest BCUT2D eigenvalue weighted by Gasteiger charge is -2.65. The predicted octanol–water partition coefficient (Wildman–Crippen LogP) is 5.93. The molecule has 0 radical (unpaired) electrons. The van der Waals surface area contributed by atoms with E-state index < -0.39 is 16.4 Å². The van der Waals surface area contributed by atoms with E-state index in [-0.39, 0.29) is 36.0 Å². The smallest absolute Gasteiger partial charge is 0.216 e. The van der Waals surface area contributed by atoms with Gasteiger partial charge in [0.05, 0.1) is 25.9 Å². The Hall–Kier alpha value is -1.37. The summed E-state index contributed by atoms with van der Waals surface area (Å²) in [7, 11) is -1.17. The normalized spacial score (nSPS) is 40.1. The Labute approximate surface area is 309 Å². The highest BCUT2D eigenvalue weighted by Crippen LogP contribution is 2.72. The van der Waals surface area contributed by atoms with Crippen molar-refractivity contribution < 1.29 is 32.7 Å². The van der Waals surface area contributed by atoms with Crippen molar-refractivity contribution in [1.29, 1.82) is 0 Å². The van der Waals surface area contributed by atoms with Crippen molar-refractivity contribution in [3.8, 4) is 0 Å². The number of ether oxygens (including phenoxy) is 4. The molecule has 5 heterocycles. The molecule has 6 fully saturated rings. The number of hydrogen-bond donors (Lipinski definition) is 2. The quantitative estimate of drug-likeness (QED) is 0.223. The summed E-state index contributed by atoms with van der Waals surface area (Å²) in [6, 6.07) is 0.374. The molecule has 0 aromatic carbocycles. The molecule has 2 saturated carbocycles. The van der Waals surface area contributed by atoms with Gasteiger partial charge in [0.2, 0.25) is 5.91 Å². The molecular weight excluding hydrogens is 667 g/mol. The van der Waals surface area contributed by atoms with Gasteiger partial charge in [-0.2, -0.15) is 0 Å². The highest BCUT2D eigenvalue weighted by atomic mass is 32.3. The Morgan fingerprint density at radius 3 is 2.57 bits per heavy atom. The molecular formula is C40H69N3O7S. The van der Waals surface area contributed by atoms with Gasteiger partial charge in [-0.3, -0.25) is 14.9 Å². The van der Waals surface area contributed by atoms with E-state index >= 15 is 0 Å². The molecule has 4 saturated heterocycles. The van der Waals surface area contributed by atoms with Crippen molar-refractivity contribution in [2.75, 3.05) is 57.6 Å². The third-order valence-corrected chi connectivity index (χ3v) is 17.5. The van der Waals surface area contributed by atoms with E-state index in [1.54, 1.807) is 13.0 Å². The lowest BCUT2D eigenvalue weighted by atomic mass is 9.69. The molecule has 2 aliphatic carbocycles. The van der Waals surface area contributed by atoms with Crippen LogP contribution in [0.2, 0.25) is 0 Å². The number of ketones is 1. The molecule has 1 amide bonds. The zero-order chi connectivity index (χ0) is 36.2. The molecule has 11 unspecified atom stereocenters. The van der Waals surface area contributed by atoms with Crippen molar-refractivity contribution in [2.45, 2.75) is 142 Å². The number of rotatable bonds is 13. The summed E-state index contributed by atoms with van der Waals surface area (Å²) >= 11 is 0. The Morgan fingerprint density at radius 1 is 1.20 bits per heavy atom. The number of carbonyl (C=O) groups is 2. The van der Waals surface area contributed by atoms with Crippen molar-refractivity contribution in [2.24, 2.45) is 29.1 Å². The fraction of sp³-hybridized carbons (Fsp3) is 0.900. The topological polar surface area (TPSA) is 108 Å². The number of amides is 1. The molecule has 7 rings (SSSR count). The van der Waals surface area contributed by atoms with Crippen LogP contribution in [-0.4, -0.2) is 110 Å². The van der Waals surface area contributed by atoms with E-state index in [1.165, 1.54) is 38.5 Å². The molecule has 0 bridgehead atoms. The summed E-state index contributed by atoms with van der Waals surface area (Å²) in [6.45, 7) is 18.0. The van der Waals surface area contributed by atoms with Gasteiger partial charge < -0.3 is 33.3 Å². The lowest BCUT2D eigenvalue weighted by molar-refractivity contribution is -0.133. The summed E-state index contributed by atoms with van der Waals surface area (Å²) in [5.74, 6) is 4.99. The van der Waals surface area contributed by atoms with Crippen LogP contribution in [0.4, 0.5) is 0 Å². The van der Waals surface area contributed by atoms with Gasteiger partial charge in [0.25, 0.3) is 0 Å². The van der Waals surface area contributed by atoms with Gasteiger partial charge in [0.1, 0.15) is 12.3 Å². The maximum atomic E-state index is 13.0. The number of hydrogen-bond acceptors (Lipinski definition) is 9. The van der Waals surface area contributed by atoms with Gasteiger partial charge in [0.15, 0.2) is 17.8 Å². The number of fused-ring (bicyclic) bond motifs is 1. The van der Waals surface area contributed by atoms with E-state index in [4.69, 9.17) is 23.1 Å². The van der Waals surface area contributed by atoms with Crippen molar-refractivity contribution >= 4 is 22.0 Å². The van der Waals surface area contributed by atoms with E-state index in [2.05, 4.69) is 50.2 Å². The summed E-state index contributed by atoms with van der Waals surface area (Å²) < 4.78 is 31.4. The molecule has 1 spiro atoms. The monoisotopic (exact) mass is 735 g/mol. The maximum absolute atomic E-state index is 13.0. The molecule has 10 nitrogen and oxygen atoms in total. The maximum Gasteiger partial charge on any atom is 0.216 e. The molecule has 7 aliphatic rings. The molecule has 292 valence electrons. The van der Waals surface area contributed by atoms with Crippen molar-refractivity contribution in [3.05, 3.63) is 12.0 Å². The number of morpholine rings is 1. The van der Waals surface area contributed by atoms with Gasteiger partial charge in [0, 0.05) is 68.0 Å². The van der Waals surface area contributed by atoms with Crippen LogP contribution in [0, 0.1) is 29.1 Å². The summed E-state index contributed by atoms with van der Waals surface area (Å²) in [5.41, 5.74) is 0.764. The fourth-order valence-corrected chi connectivity index (χ4v) is 13.1. The van der Waals surface area contributed by atoms with Crippen LogP contribution in [-0.2, 0) is 32.7 Å². The molecule has 0 aromatic heterocycles. The number of carbonyl (C=O) groups excluding carboxylic acids is 2. The highest BCUT2D eigenvalue weighted by molar-refractivity contribution is 8.32. The van der Waals surface area contributed by atoms with Crippen molar-refractivity contribution in [1.82, 2.24) is 15.5 Å². The predicted molar refractivity (Wildman–Crippen MR) is 202 cm³/mol. The molecule has 51 heavy (non-hydrogen) atoms. The fourth-order valence-electron chi connectivity index (χ4n) is 9.45. The lowest BCUT2D eigenvalue weighted by Crippen LogP contribution is -2.61. The Morgan fingerprint density at radius 2 is 1.96 bits per heavy atom. The number of nitrogens with zero attached hydrogens (tertiary/aromatic N) is 1. The average Bonchev–Trinajstić information content (AvgIpc) is 3.49. The molecule has 11 atom stereocenters. The summed E-state index contributed by atoms with van der Waals surface area (Å²) in [5, 5.41) is 7.20. The minimum Gasteiger partial charge on any atom is -0.472 e. The minimum atomic E-state index is -1.17. The third kappa shape index (κ3) is 9.30. The van der Waals surface area contributed by atoms with Crippen molar-refractivity contribution in [3.63, 3.8) is 0 Å². The van der Waals surface area contributed by atoms with Crippen LogP contribution in [0.1, 0.15) is 106 Å². The standard InChI is InChI=1S/C33H55N3O7S.C7H14/c1-5-21(2)15-25-22(3)16-24(17-28(25)40-11-6-8-34-23(4)37)35-30-20-44(43-30)14-7-29(44)26-19-41-33-27(38)18-31(42-32(26)33)36-9-12-39-13-10-36;1-3-7(2)5-4-6-7/h18,21-22,24-26,28-30,32-33,35H,5-17,19-20H2,1-4H3,(H,34,37);3-6H2,1-2H3. The minimum absolute atomic E-state index is 0.0129. The van der Waals surface area contributed by atoms with Crippen LogP contribution in [0.5, 0.6) is 0 Å². The van der Waals surface area contributed by atoms with Gasteiger partial charge in [-0.25, -0.2) is 0 Å². The highest BCUT2D eigenvalue weighted by Gasteiger charge is 2.61. The second kappa shape index (κ2) is 17.4. The van der Waals surface area contributed by atoms with Crippen LogP contribution < -0.4 is 10.6 Å². The second-order valence-corrected chi connectivity index (χ2v) is 20.4. The third-order valence-electron chi connectivity index (χ3n) is 13.4. The first-order chi connectivity index (χ1) is 24.5. The summed E-state index contributed by atoms with van der Waals surface area (Å²) in [4.78, 5) is 26.4. The van der Waals surface area contributed by atoms with Gasteiger partial charge >= 0.3 is 0 Å². The van der Waals surface area contributed by atoms with Gasteiger partial charge in [-0.1, -0.05) is 53.9 Å². The van der Waals surface area contributed by atoms with Crippen LogP contribution >= 0.6 is 10.3 Å². The zero-order valence-corrected chi connectivity index (χ0v) is 33.3. The Kier molecular flexibility index (Phi) is 13.4. The van der Waals surface area contributed by atoms with Crippen LogP contribution in [0.15, 0.2) is 12.0 Å². The van der Waals surface area contributed by atoms with E-state index in [1.807, 2.05) is 0 Å². The second-order valence-electron chi connectivity index (χ2n) is 17.1. The first-order valence-electron chi connectivity index (χ1n) is 20.5. The largest absolute Gasteiger partial charge is 0.472 e. The molecule has 11 heteroatoms. The molecule has 0 aromatic rings. The van der Waals surface area contributed by atoms with E-state index in [9.17, 15) is 9.59 Å². The van der Waals surface area contributed by atoms with Gasteiger partial charge in [-0.05, 0) is 68.1 Å². The van der Waals surface area contributed by atoms with Crippen LogP contribution in [0.3, 0.4) is 0 Å². The molecule has 5 aliphatic heterocycles. The first kappa shape index (κ1) is 39.3. The number of nitrogens with one attached hydrogen (secondary N) is 2. The molecule has 2 N–H and O–H groups in total. The van der Waals surface area contributed by atoms with Gasteiger partial charge in [-0.15, -0.1) is 10.3 Å². The summed E-state index contributed by atoms with van der Waals surface area (Å²) in [6.07, 6.45) is 13.6. The van der Waals surface area contributed by atoms with E-state index in [0.717, 1.165) is 55.7 Å². The SMILES string of the molecule is CCC(C)CC1C(C)CC(NC2CS3(CCC3C3COC4C(=O)C=C(N5CCOCC5)OC43)O2)CC1OCCCNC(C)=O.CCC1(C)CCC1. The average molecular weight is 736 g/mol. The zero-order valence-electron chi connectivity index (χ0n) is 32.5.